The maximum atomic E-state index is 15.1. The van der Waals surface area contributed by atoms with Crippen molar-refractivity contribution in [1.82, 2.24) is 20.2 Å². The van der Waals surface area contributed by atoms with Crippen LogP contribution in [-0.2, 0) is 6.54 Å². The van der Waals surface area contributed by atoms with Crippen LogP contribution in [0.4, 0.5) is 10.1 Å². The summed E-state index contributed by atoms with van der Waals surface area (Å²) in [6, 6.07) is 1.95. The van der Waals surface area contributed by atoms with Crippen LogP contribution >= 0.6 is 11.8 Å². The molecule has 1 aliphatic heterocycles. The van der Waals surface area contributed by atoms with Crippen LogP contribution in [0.3, 0.4) is 0 Å². The van der Waals surface area contributed by atoms with Gasteiger partial charge in [-0.2, -0.15) is 5.10 Å². The SMILES string of the molecule is CCCN(C)CCNc1c(F)cc2c(=O)c(/C=N/NC(C)NC3CC3)cn3c2c1SCC3. The first-order valence-electron chi connectivity index (χ1n) is 11.5. The minimum atomic E-state index is -0.377. The quantitative estimate of drug-likeness (QED) is 0.272. The number of pyridine rings is 1. The van der Waals surface area contributed by atoms with Crippen molar-refractivity contribution < 1.29 is 4.39 Å². The molecule has 9 heteroatoms. The zero-order chi connectivity index (χ0) is 22.7. The summed E-state index contributed by atoms with van der Waals surface area (Å²) in [5.41, 5.74) is 4.60. The number of rotatable bonds is 11. The van der Waals surface area contributed by atoms with Crippen molar-refractivity contribution in [2.75, 3.05) is 37.8 Å². The molecule has 1 aliphatic carbocycles. The molecule has 1 saturated carbocycles. The Morgan fingerprint density at radius 3 is 2.97 bits per heavy atom. The summed E-state index contributed by atoms with van der Waals surface area (Å²) in [6.07, 6.45) is 6.91. The highest BCUT2D eigenvalue weighted by molar-refractivity contribution is 7.99. The summed E-state index contributed by atoms with van der Waals surface area (Å²) in [6.45, 7) is 7.41. The maximum Gasteiger partial charge on any atom is 0.198 e. The molecular formula is C23H33FN6OS. The molecule has 7 nitrogen and oxygen atoms in total. The molecular weight excluding hydrogens is 427 g/mol. The van der Waals surface area contributed by atoms with Crippen molar-refractivity contribution in [3.63, 3.8) is 0 Å². The highest BCUT2D eigenvalue weighted by atomic mass is 32.2. The first-order valence-corrected chi connectivity index (χ1v) is 12.5. The van der Waals surface area contributed by atoms with Crippen LogP contribution in [0.25, 0.3) is 10.9 Å². The predicted octanol–water partition coefficient (Wildman–Crippen LogP) is 3.02. The molecule has 0 spiro atoms. The van der Waals surface area contributed by atoms with Gasteiger partial charge < -0.3 is 14.8 Å². The highest BCUT2D eigenvalue weighted by Gasteiger charge is 2.23. The van der Waals surface area contributed by atoms with Gasteiger partial charge in [0.05, 0.1) is 39.4 Å². The normalized spacial score (nSPS) is 16.8. The van der Waals surface area contributed by atoms with E-state index in [2.05, 4.69) is 44.6 Å². The van der Waals surface area contributed by atoms with E-state index in [1.54, 1.807) is 18.0 Å². The molecule has 1 aromatic carbocycles. The number of hydrogen-bond acceptors (Lipinski definition) is 7. The topological polar surface area (TPSA) is 73.7 Å². The largest absolute Gasteiger partial charge is 0.380 e. The summed E-state index contributed by atoms with van der Waals surface area (Å²) in [5, 5.41) is 11.3. The molecule has 0 bridgehead atoms. The van der Waals surface area contributed by atoms with Crippen molar-refractivity contribution in [2.24, 2.45) is 5.10 Å². The molecule has 0 saturated heterocycles. The van der Waals surface area contributed by atoms with E-state index in [1.165, 1.54) is 18.9 Å². The second kappa shape index (κ2) is 10.2. The Bertz CT molecular complexity index is 1050. The van der Waals surface area contributed by atoms with Gasteiger partial charge in [-0.05, 0) is 45.8 Å². The predicted molar refractivity (Wildman–Crippen MR) is 132 cm³/mol. The van der Waals surface area contributed by atoms with Gasteiger partial charge in [0.2, 0.25) is 0 Å². The third-order valence-electron chi connectivity index (χ3n) is 5.81. The molecule has 4 rings (SSSR count). The fourth-order valence-corrected chi connectivity index (χ4v) is 5.24. The van der Waals surface area contributed by atoms with E-state index in [9.17, 15) is 4.79 Å². The Hall–Kier alpha value is -2.10. The second-order valence-corrected chi connectivity index (χ2v) is 9.80. The van der Waals surface area contributed by atoms with Crippen molar-refractivity contribution >= 4 is 34.6 Å². The third kappa shape index (κ3) is 5.27. The van der Waals surface area contributed by atoms with Gasteiger partial charge in [0.25, 0.3) is 0 Å². The number of anilines is 1. The van der Waals surface area contributed by atoms with Crippen LogP contribution in [0.5, 0.6) is 0 Å². The van der Waals surface area contributed by atoms with Crippen LogP contribution < -0.4 is 21.5 Å². The van der Waals surface area contributed by atoms with Crippen LogP contribution in [0.2, 0.25) is 0 Å². The molecule has 2 aliphatic rings. The zero-order valence-electron chi connectivity index (χ0n) is 19.1. The number of hydrogen-bond donors (Lipinski definition) is 3. The van der Waals surface area contributed by atoms with Crippen LogP contribution in [0.15, 0.2) is 27.1 Å². The van der Waals surface area contributed by atoms with E-state index in [-0.39, 0.29) is 17.4 Å². The molecule has 3 N–H and O–H groups in total. The lowest BCUT2D eigenvalue weighted by atomic mass is 10.1. The Balaban J connectivity index is 1.58. The number of likely N-dealkylation sites (N-methyl/N-ethyl adjacent to an activating group) is 1. The van der Waals surface area contributed by atoms with E-state index in [0.717, 1.165) is 42.2 Å². The van der Waals surface area contributed by atoms with Crippen LogP contribution in [0.1, 0.15) is 38.7 Å². The van der Waals surface area contributed by atoms with Crippen molar-refractivity contribution in [3.8, 4) is 0 Å². The average Bonchev–Trinajstić information content (AvgIpc) is 3.57. The fraction of sp³-hybridized carbons (Fsp3) is 0.565. The number of thioether (sulfide) groups is 1. The zero-order valence-corrected chi connectivity index (χ0v) is 19.9. The second-order valence-electron chi connectivity index (χ2n) is 8.69. The van der Waals surface area contributed by atoms with Gasteiger partial charge in [0.15, 0.2) is 5.43 Å². The van der Waals surface area contributed by atoms with E-state index >= 15 is 4.39 Å². The first-order chi connectivity index (χ1) is 15.5. The van der Waals surface area contributed by atoms with E-state index in [1.807, 2.05) is 13.1 Å². The number of aromatic nitrogens is 1. The van der Waals surface area contributed by atoms with Gasteiger partial charge in [-0.3, -0.25) is 15.5 Å². The summed E-state index contributed by atoms with van der Waals surface area (Å²) >= 11 is 1.61. The molecule has 2 aromatic rings. The van der Waals surface area contributed by atoms with Crippen molar-refractivity contribution in [3.05, 3.63) is 33.9 Å². The number of nitrogens with one attached hydrogen (secondary N) is 3. The highest BCUT2D eigenvalue weighted by Crippen LogP contribution is 2.39. The smallest absolute Gasteiger partial charge is 0.198 e. The van der Waals surface area contributed by atoms with Gasteiger partial charge >= 0.3 is 0 Å². The van der Waals surface area contributed by atoms with Crippen molar-refractivity contribution in [2.45, 2.75) is 56.8 Å². The molecule has 1 fully saturated rings. The number of aryl methyl sites for hydroxylation is 1. The number of hydrazone groups is 1. The fourth-order valence-electron chi connectivity index (χ4n) is 4.07. The molecule has 1 atom stereocenters. The summed E-state index contributed by atoms with van der Waals surface area (Å²) in [4.78, 5) is 16.2. The van der Waals surface area contributed by atoms with Crippen LogP contribution in [0, 0.1) is 5.82 Å². The maximum absolute atomic E-state index is 15.1. The number of halogens is 1. The first kappa shape index (κ1) is 23.1. The average molecular weight is 461 g/mol. The summed E-state index contributed by atoms with van der Waals surface area (Å²) in [7, 11) is 2.07. The Kier molecular flexibility index (Phi) is 7.37. The minimum absolute atomic E-state index is 0.0331. The molecule has 0 radical (unpaired) electrons. The molecule has 32 heavy (non-hydrogen) atoms. The lowest BCUT2D eigenvalue weighted by Crippen LogP contribution is -2.38. The van der Waals surface area contributed by atoms with E-state index in [0.29, 0.717) is 29.2 Å². The number of benzene rings is 1. The molecule has 1 aromatic heterocycles. The molecule has 0 amide bonds. The molecule has 174 valence electrons. The lowest BCUT2D eigenvalue weighted by molar-refractivity contribution is 0.347. The van der Waals surface area contributed by atoms with Gasteiger partial charge in [-0.25, -0.2) is 4.39 Å². The minimum Gasteiger partial charge on any atom is -0.380 e. The molecule has 1 unspecified atom stereocenters. The van der Waals surface area contributed by atoms with Gasteiger partial charge in [0, 0.05) is 37.6 Å². The van der Waals surface area contributed by atoms with Crippen molar-refractivity contribution in [1.29, 1.82) is 0 Å². The van der Waals surface area contributed by atoms with E-state index in [4.69, 9.17) is 0 Å². The monoisotopic (exact) mass is 460 g/mol. The molecule has 2 heterocycles. The Morgan fingerprint density at radius 1 is 1.41 bits per heavy atom. The van der Waals surface area contributed by atoms with Gasteiger partial charge in [0.1, 0.15) is 5.82 Å². The Labute approximate surface area is 192 Å². The standard InChI is InChI=1S/C23H33FN6OS/c1-4-8-29(3)9-7-25-20-19(24)12-18-21-23(20)32-11-10-30(21)14-16(22(18)31)13-26-28-15(2)27-17-5-6-17/h12-15,17,25,27-28H,4-11H2,1-3H3/b26-13+. The van der Waals surface area contributed by atoms with Crippen LogP contribution in [-0.4, -0.2) is 60.3 Å². The summed E-state index contributed by atoms with van der Waals surface area (Å²) in [5.74, 6) is 0.453. The Morgan fingerprint density at radius 2 is 2.22 bits per heavy atom. The van der Waals surface area contributed by atoms with Gasteiger partial charge in [-0.1, -0.05) is 6.92 Å². The summed E-state index contributed by atoms with van der Waals surface area (Å²) < 4.78 is 17.2. The third-order valence-corrected chi connectivity index (χ3v) is 6.88. The lowest BCUT2D eigenvalue weighted by Gasteiger charge is -2.24. The number of nitrogens with zero attached hydrogens (tertiary/aromatic N) is 3. The van der Waals surface area contributed by atoms with E-state index < -0.39 is 0 Å². The van der Waals surface area contributed by atoms with Gasteiger partial charge in [-0.15, -0.1) is 11.8 Å².